The molecule has 0 saturated heterocycles. The predicted molar refractivity (Wildman–Crippen MR) is 76.8 cm³/mol. The van der Waals surface area contributed by atoms with E-state index in [-0.39, 0.29) is 24.3 Å². The molecule has 0 spiro atoms. The van der Waals surface area contributed by atoms with Gasteiger partial charge in [-0.1, -0.05) is 0 Å². The van der Waals surface area contributed by atoms with Crippen LogP contribution in [0.15, 0.2) is 24.3 Å². The van der Waals surface area contributed by atoms with E-state index in [4.69, 9.17) is 4.74 Å². The van der Waals surface area contributed by atoms with Crippen LogP contribution in [0.25, 0.3) is 0 Å². The van der Waals surface area contributed by atoms with Crippen molar-refractivity contribution in [3.05, 3.63) is 29.8 Å². The summed E-state index contributed by atoms with van der Waals surface area (Å²) in [6.45, 7) is 2.05. The smallest absolute Gasteiger partial charge is 0.338 e. The van der Waals surface area contributed by atoms with Crippen molar-refractivity contribution in [2.75, 3.05) is 11.9 Å². The van der Waals surface area contributed by atoms with Gasteiger partial charge in [-0.05, 0) is 44.0 Å². The Kier molecular flexibility index (Phi) is 4.92. The fourth-order valence-corrected chi connectivity index (χ4v) is 1.76. The van der Waals surface area contributed by atoms with Crippen molar-refractivity contribution in [1.29, 1.82) is 0 Å². The zero-order valence-electron chi connectivity index (χ0n) is 11.8. The van der Waals surface area contributed by atoms with E-state index >= 15 is 0 Å². The topological polar surface area (TPSA) is 84.5 Å². The molecule has 1 aromatic carbocycles. The van der Waals surface area contributed by atoms with Crippen molar-refractivity contribution in [3.8, 4) is 0 Å². The van der Waals surface area contributed by atoms with E-state index in [1.807, 2.05) is 0 Å². The van der Waals surface area contributed by atoms with Crippen LogP contribution in [0.1, 0.15) is 36.5 Å². The molecule has 1 aliphatic carbocycles. The number of carbonyl (C=O) groups is 3. The molecule has 1 saturated carbocycles. The fraction of sp³-hybridized carbons (Fsp3) is 0.400. The SMILES string of the molecule is CCOC(=O)c1ccc(NC(=O)CC(=O)NC2CC2)cc1. The number of ether oxygens (including phenoxy) is 1. The number of carbonyl (C=O) groups excluding carboxylic acids is 3. The van der Waals surface area contributed by atoms with Crippen molar-refractivity contribution in [2.24, 2.45) is 0 Å². The lowest BCUT2D eigenvalue weighted by Crippen LogP contribution is -2.29. The minimum Gasteiger partial charge on any atom is -0.462 e. The average Bonchev–Trinajstić information content (AvgIpc) is 3.23. The standard InChI is InChI=1S/C15H18N2O4/c1-2-21-15(20)10-3-5-11(6-4-10)16-13(18)9-14(19)17-12-7-8-12/h3-6,12H,2,7-9H2,1H3,(H,16,18)(H,17,19). The van der Waals surface area contributed by atoms with Gasteiger partial charge in [0.1, 0.15) is 6.42 Å². The van der Waals surface area contributed by atoms with Crippen LogP contribution >= 0.6 is 0 Å². The van der Waals surface area contributed by atoms with Gasteiger partial charge in [0, 0.05) is 11.7 Å². The van der Waals surface area contributed by atoms with Gasteiger partial charge < -0.3 is 15.4 Å². The molecule has 0 radical (unpaired) electrons. The third-order valence-electron chi connectivity index (χ3n) is 2.94. The summed E-state index contributed by atoms with van der Waals surface area (Å²) in [5, 5.41) is 5.36. The summed E-state index contributed by atoms with van der Waals surface area (Å²) in [6.07, 6.45) is 1.78. The first-order chi connectivity index (χ1) is 10.1. The van der Waals surface area contributed by atoms with E-state index in [1.165, 1.54) is 0 Å². The third-order valence-corrected chi connectivity index (χ3v) is 2.94. The number of rotatable bonds is 6. The summed E-state index contributed by atoms with van der Waals surface area (Å²) in [6, 6.07) is 6.58. The molecular weight excluding hydrogens is 272 g/mol. The number of nitrogens with one attached hydrogen (secondary N) is 2. The maximum absolute atomic E-state index is 11.7. The molecule has 112 valence electrons. The molecule has 1 fully saturated rings. The third kappa shape index (κ3) is 4.91. The van der Waals surface area contributed by atoms with Crippen LogP contribution in [0.3, 0.4) is 0 Å². The lowest BCUT2D eigenvalue weighted by molar-refractivity contribution is -0.126. The molecule has 6 nitrogen and oxygen atoms in total. The number of hydrogen-bond donors (Lipinski definition) is 2. The second-order valence-corrected chi connectivity index (χ2v) is 4.86. The van der Waals surface area contributed by atoms with Gasteiger partial charge in [-0.2, -0.15) is 0 Å². The van der Waals surface area contributed by atoms with Crippen LogP contribution in [0.5, 0.6) is 0 Å². The normalized spacial score (nSPS) is 13.4. The monoisotopic (exact) mass is 290 g/mol. The van der Waals surface area contributed by atoms with Crippen LogP contribution in [0.4, 0.5) is 5.69 Å². The number of hydrogen-bond acceptors (Lipinski definition) is 4. The van der Waals surface area contributed by atoms with E-state index < -0.39 is 5.97 Å². The van der Waals surface area contributed by atoms with Gasteiger partial charge in [0.2, 0.25) is 11.8 Å². The van der Waals surface area contributed by atoms with Crippen molar-refractivity contribution < 1.29 is 19.1 Å². The summed E-state index contributed by atoms with van der Waals surface area (Å²) in [4.78, 5) is 34.6. The summed E-state index contributed by atoms with van der Waals surface area (Å²) >= 11 is 0. The van der Waals surface area contributed by atoms with Gasteiger partial charge in [-0.3, -0.25) is 9.59 Å². The predicted octanol–water partition coefficient (Wildman–Crippen LogP) is 1.47. The van der Waals surface area contributed by atoms with Crippen LogP contribution < -0.4 is 10.6 Å². The van der Waals surface area contributed by atoms with Crippen molar-refractivity contribution in [1.82, 2.24) is 5.32 Å². The Morgan fingerprint density at radius 3 is 2.38 bits per heavy atom. The zero-order valence-corrected chi connectivity index (χ0v) is 11.8. The van der Waals surface area contributed by atoms with Gasteiger partial charge >= 0.3 is 5.97 Å². The fourth-order valence-electron chi connectivity index (χ4n) is 1.76. The quantitative estimate of drug-likeness (QED) is 0.614. The van der Waals surface area contributed by atoms with E-state index in [1.54, 1.807) is 31.2 Å². The Labute approximate surface area is 122 Å². The van der Waals surface area contributed by atoms with Gasteiger partial charge in [0.15, 0.2) is 0 Å². The molecule has 6 heteroatoms. The summed E-state index contributed by atoms with van der Waals surface area (Å²) < 4.78 is 4.87. The maximum atomic E-state index is 11.7. The molecule has 2 amide bonds. The number of esters is 1. The second-order valence-electron chi connectivity index (χ2n) is 4.86. The molecule has 0 unspecified atom stereocenters. The summed E-state index contributed by atoms with van der Waals surface area (Å²) in [7, 11) is 0. The highest BCUT2D eigenvalue weighted by Crippen LogP contribution is 2.18. The van der Waals surface area contributed by atoms with E-state index in [2.05, 4.69) is 10.6 Å². The van der Waals surface area contributed by atoms with Crippen molar-refractivity contribution in [3.63, 3.8) is 0 Å². The molecule has 1 aliphatic rings. The van der Waals surface area contributed by atoms with Crippen LogP contribution in [-0.2, 0) is 14.3 Å². The Hall–Kier alpha value is -2.37. The molecule has 1 aromatic rings. The Bertz CT molecular complexity index is 535. The largest absolute Gasteiger partial charge is 0.462 e. The summed E-state index contributed by atoms with van der Waals surface area (Å²) in [5.41, 5.74) is 0.952. The van der Waals surface area contributed by atoms with Crippen LogP contribution in [0, 0.1) is 0 Å². The van der Waals surface area contributed by atoms with Crippen LogP contribution in [-0.4, -0.2) is 30.4 Å². The van der Waals surface area contributed by atoms with Crippen molar-refractivity contribution >= 4 is 23.5 Å². The summed E-state index contributed by atoms with van der Waals surface area (Å²) in [5.74, 6) is -1.05. The van der Waals surface area contributed by atoms with Crippen LogP contribution in [0.2, 0.25) is 0 Å². The molecule has 21 heavy (non-hydrogen) atoms. The zero-order chi connectivity index (χ0) is 15.2. The number of benzene rings is 1. The number of amides is 2. The van der Waals surface area contributed by atoms with E-state index in [0.717, 1.165) is 12.8 Å². The lowest BCUT2D eigenvalue weighted by Gasteiger charge is -2.07. The molecule has 0 atom stereocenters. The Morgan fingerprint density at radius 2 is 1.81 bits per heavy atom. The Morgan fingerprint density at radius 1 is 1.14 bits per heavy atom. The van der Waals surface area contributed by atoms with E-state index in [9.17, 15) is 14.4 Å². The first-order valence-electron chi connectivity index (χ1n) is 6.95. The maximum Gasteiger partial charge on any atom is 0.338 e. The molecule has 0 aliphatic heterocycles. The molecular formula is C15H18N2O4. The average molecular weight is 290 g/mol. The molecule has 0 aromatic heterocycles. The highest BCUT2D eigenvalue weighted by Gasteiger charge is 2.24. The minimum atomic E-state index is -0.404. The van der Waals surface area contributed by atoms with Gasteiger partial charge in [-0.25, -0.2) is 4.79 Å². The highest BCUT2D eigenvalue weighted by atomic mass is 16.5. The first kappa shape index (κ1) is 15.0. The number of anilines is 1. The van der Waals surface area contributed by atoms with E-state index in [0.29, 0.717) is 17.9 Å². The molecule has 0 bridgehead atoms. The van der Waals surface area contributed by atoms with Gasteiger partial charge in [0.05, 0.1) is 12.2 Å². The lowest BCUT2D eigenvalue weighted by atomic mass is 10.2. The van der Waals surface area contributed by atoms with Gasteiger partial charge in [-0.15, -0.1) is 0 Å². The Balaban J connectivity index is 1.82. The van der Waals surface area contributed by atoms with Gasteiger partial charge in [0.25, 0.3) is 0 Å². The first-order valence-corrected chi connectivity index (χ1v) is 6.95. The highest BCUT2D eigenvalue weighted by molar-refractivity contribution is 6.03. The van der Waals surface area contributed by atoms with Crippen molar-refractivity contribution in [2.45, 2.75) is 32.2 Å². The molecule has 2 N–H and O–H groups in total. The second kappa shape index (κ2) is 6.88. The minimum absolute atomic E-state index is 0.198. The molecule has 2 rings (SSSR count). The molecule has 0 heterocycles.